The molecule has 0 aliphatic carbocycles. The molecule has 0 saturated heterocycles. The van der Waals surface area contributed by atoms with Crippen LogP contribution in [0.1, 0.15) is 34.0 Å². The maximum atomic E-state index is 14.1. The van der Waals surface area contributed by atoms with Crippen molar-refractivity contribution in [3.63, 3.8) is 0 Å². The lowest BCUT2D eigenvalue weighted by Gasteiger charge is -2.16. The van der Waals surface area contributed by atoms with Crippen LogP contribution in [0.3, 0.4) is 0 Å². The number of halogens is 4. The van der Waals surface area contributed by atoms with Crippen LogP contribution in [0.4, 0.5) is 17.6 Å². The van der Waals surface area contributed by atoms with E-state index in [9.17, 15) is 31.9 Å². The van der Waals surface area contributed by atoms with Crippen molar-refractivity contribution >= 4 is 17.8 Å². The maximum Gasteiger partial charge on any atom is 0.416 e. The van der Waals surface area contributed by atoms with Crippen molar-refractivity contribution in [2.45, 2.75) is 26.1 Å². The summed E-state index contributed by atoms with van der Waals surface area (Å²) in [5, 5.41) is 2.44. The molecule has 2 rings (SSSR count). The third-order valence-corrected chi connectivity index (χ3v) is 4.82. The van der Waals surface area contributed by atoms with Crippen LogP contribution in [0.2, 0.25) is 0 Å². The summed E-state index contributed by atoms with van der Waals surface area (Å²) < 4.78 is 67.1. The van der Waals surface area contributed by atoms with Crippen LogP contribution in [0.5, 0.6) is 5.75 Å². The van der Waals surface area contributed by atoms with Crippen molar-refractivity contribution < 1.29 is 46.2 Å². The van der Waals surface area contributed by atoms with Crippen molar-refractivity contribution in [2.24, 2.45) is 5.92 Å². The highest BCUT2D eigenvalue weighted by Gasteiger charge is 2.32. The summed E-state index contributed by atoms with van der Waals surface area (Å²) in [6, 6.07) is 6.39. The van der Waals surface area contributed by atoms with Crippen molar-refractivity contribution in [3.05, 3.63) is 64.5 Å². The van der Waals surface area contributed by atoms with E-state index in [1.165, 1.54) is 0 Å². The Labute approximate surface area is 193 Å². The van der Waals surface area contributed by atoms with Crippen LogP contribution < -0.4 is 10.1 Å². The summed E-state index contributed by atoms with van der Waals surface area (Å²) in [6.45, 7) is 1.86. The molecule has 1 amide bonds. The van der Waals surface area contributed by atoms with Crippen molar-refractivity contribution in [3.8, 4) is 5.75 Å². The highest BCUT2D eigenvalue weighted by atomic mass is 19.4. The van der Waals surface area contributed by atoms with Gasteiger partial charge in [-0.05, 0) is 43.2 Å². The summed E-state index contributed by atoms with van der Waals surface area (Å²) >= 11 is 0. The fourth-order valence-corrected chi connectivity index (χ4v) is 3.12. The molecular weight excluding hydrogens is 462 g/mol. The van der Waals surface area contributed by atoms with Gasteiger partial charge in [0, 0.05) is 12.1 Å². The Kier molecular flexibility index (Phi) is 8.99. The van der Waals surface area contributed by atoms with Crippen LogP contribution in [0.15, 0.2) is 36.4 Å². The number of alkyl halides is 3. The Bertz CT molecular complexity index is 1040. The number of nitrogens with one attached hydrogen (secondary N) is 1. The smallest absolute Gasteiger partial charge is 0.416 e. The monoisotopic (exact) mass is 485 g/mol. The van der Waals surface area contributed by atoms with E-state index in [1.54, 1.807) is 25.1 Å². The van der Waals surface area contributed by atoms with E-state index in [1.807, 2.05) is 0 Å². The van der Waals surface area contributed by atoms with Crippen LogP contribution in [-0.2, 0) is 38.2 Å². The molecule has 0 aromatic heterocycles. The van der Waals surface area contributed by atoms with Gasteiger partial charge in [0.25, 0.3) is 5.91 Å². The number of benzene rings is 2. The molecule has 0 radical (unpaired) electrons. The van der Waals surface area contributed by atoms with Crippen LogP contribution in [-0.4, -0.2) is 38.7 Å². The molecule has 7 nitrogen and oxygen atoms in total. The van der Waals surface area contributed by atoms with Crippen molar-refractivity contribution in [2.75, 3.05) is 20.8 Å². The Hall–Kier alpha value is -3.63. The van der Waals surface area contributed by atoms with E-state index in [-0.39, 0.29) is 19.0 Å². The Morgan fingerprint density at radius 1 is 1.00 bits per heavy atom. The van der Waals surface area contributed by atoms with Gasteiger partial charge in [0.1, 0.15) is 11.6 Å². The molecule has 0 saturated carbocycles. The molecule has 0 bridgehead atoms. The largest absolute Gasteiger partial charge is 0.494 e. The maximum absolute atomic E-state index is 14.1. The molecule has 0 fully saturated rings. The molecule has 1 N–H and O–H groups in total. The second-order valence-electron chi connectivity index (χ2n) is 7.05. The predicted molar refractivity (Wildman–Crippen MR) is 111 cm³/mol. The predicted octanol–water partition coefficient (Wildman–Crippen LogP) is 3.68. The third-order valence-electron chi connectivity index (χ3n) is 4.82. The number of methoxy groups -OCH3 is 2. The summed E-state index contributed by atoms with van der Waals surface area (Å²) in [5.41, 5.74) is -0.806. The summed E-state index contributed by atoms with van der Waals surface area (Å²) in [6.07, 6.45) is -4.80. The molecular formula is C23H23F4NO6. The van der Waals surface area contributed by atoms with Crippen molar-refractivity contribution in [1.82, 2.24) is 5.32 Å². The summed E-state index contributed by atoms with van der Waals surface area (Å²) in [4.78, 5) is 36.3. The molecule has 0 aliphatic heterocycles. The first-order valence-electron chi connectivity index (χ1n) is 10.1. The first kappa shape index (κ1) is 26.6. The highest BCUT2D eigenvalue weighted by Crippen LogP contribution is 2.30. The van der Waals surface area contributed by atoms with Crippen molar-refractivity contribution in [1.29, 1.82) is 0 Å². The third kappa shape index (κ3) is 6.69. The lowest BCUT2D eigenvalue weighted by molar-refractivity contribution is -0.158. The minimum Gasteiger partial charge on any atom is -0.494 e. The fourth-order valence-electron chi connectivity index (χ4n) is 3.12. The number of hydrogen-bond acceptors (Lipinski definition) is 6. The van der Waals surface area contributed by atoms with Gasteiger partial charge in [-0.25, -0.2) is 4.39 Å². The van der Waals surface area contributed by atoms with Gasteiger partial charge >= 0.3 is 18.1 Å². The van der Waals surface area contributed by atoms with E-state index in [0.717, 1.165) is 20.3 Å². The molecule has 184 valence electrons. The molecule has 0 atom stereocenters. The van der Waals surface area contributed by atoms with Gasteiger partial charge in [0.05, 0.1) is 32.0 Å². The zero-order chi connectivity index (χ0) is 25.5. The van der Waals surface area contributed by atoms with E-state index < -0.39 is 46.9 Å². The molecule has 0 heterocycles. The molecule has 2 aromatic carbocycles. The summed E-state index contributed by atoms with van der Waals surface area (Å²) in [7, 11) is 2.27. The molecule has 2 aromatic rings. The topological polar surface area (TPSA) is 90.9 Å². The molecule has 0 spiro atoms. The molecule has 34 heavy (non-hydrogen) atoms. The molecule has 0 aliphatic rings. The normalized spacial score (nSPS) is 11.2. The number of amides is 1. The van der Waals surface area contributed by atoms with Gasteiger partial charge in [-0.2, -0.15) is 13.2 Å². The fraction of sp³-hybridized carbons (Fsp3) is 0.348. The van der Waals surface area contributed by atoms with Gasteiger partial charge in [0.15, 0.2) is 5.92 Å². The second kappa shape index (κ2) is 11.5. The van der Waals surface area contributed by atoms with Gasteiger partial charge < -0.3 is 19.5 Å². The number of carbonyl (C=O) groups excluding carboxylic acids is 3. The van der Waals surface area contributed by atoms with E-state index in [0.29, 0.717) is 29.5 Å². The number of ether oxygens (including phenoxy) is 3. The minimum absolute atomic E-state index is 0.0553. The van der Waals surface area contributed by atoms with Crippen LogP contribution in [0, 0.1) is 11.7 Å². The Morgan fingerprint density at radius 2 is 1.65 bits per heavy atom. The zero-order valence-corrected chi connectivity index (χ0v) is 18.6. The van der Waals surface area contributed by atoms with Gasteiger partial charge in [-0.15, -0.1) is 0 Å². The quantitative estimate of drug-likeness (QED) is 0.331. The Morgan fingerprint density at radius 3 is 2.18 bits per heavy atom. The van der Waals surface area contributed by atoms with Crippen LogP contribution >= 0.6 is 0 Å². The average molecular weight is 485 g/mol. The minimum atomic E-state index is -4.74. The number of carbonyl (C=O) groups is 3. The molecule has 11 heteroatoms. The zero-order valence-electron chi connectivity index (χ0n) is 18.6. The number of esters is 2. The highest BCUT2D eigenvalue weighted by molar-refractivity contribution is 5.95. The van der Waals surface area contributed by atoms with E-state index >= 15 is 0 Å². The van der Waals surface area contributed by atoms with Gasteiger partial charge in [-0.1, -0.05) is 12.1 Å². The molecule has 0 unspecified atom stereocenters. The lowest BCUT2D eigenvalue weighted by Crippen LogP contribution is -2.28. The number of rotatable bonds is 9. The van der Waals surface area contributed by atoms with E-state index in [4.69, 9.17) is 4.74 Å². The van der Waals surface area contributed by atoms with Crippen LogP contribution in [0.25, 0.3) is 0 Å². The van der Waals surface area contributed by atoms with Gasteiger partial charge in [-0.3, -0.25) is 14.4 Å². The second-order valence-corrected chi connectivity index (χ2v) is 7.05. The SMILES string of the molecule is CCOc1ccc(CC(C(=O)OC)C(=O)OC)cc1CNC(=O)c1ccc(C(F)(F)F)cc1F. The average Bonchev–Trinajstić information content (AvgIpc) is 2.80. The standard InChI is InChI=1S/C23H23F4NO6/c1-4-34-19-8-5-13(10-17(21(30)32-2)22(31)33-3)9-14(19)12-28-20(29)16-7-6-15(11-18(16)24)23(25,26)27/h5-9,11,17H,4,10,12H2,1-3H3,(H,28,29). The Balaban J connectivity index is 2.24. The summed E-state index contributed by atoms with van der Waals surface area (Å²) in [5.74, 6) is -4.64. The van der Waals surface area contributed by atoms with Gasteiger partial charge in [0.2, 0.25) is 0 Å². The first-order chi connectivity index (χ1) is 16.0. The number of hydrogen-bond donors (Lipinski definition) is 1. The first-order valence-corrected chi connectivity index (χ1v) is 10.1. The van der Waals surface area contributed by atoms with E-state index in [2.05, 4.69) is 14.8 Å². The lowest BCUT2D eigenvalue weighted by atomic mass is 9.97.